The highest BCUT2D eigenvalue weighted by Crippen LogP contribution is 2.42. The fourth-order valence-corrected chi connectivity index (χ4v) is 4.63. The maximum absolute atomic E-state index is 13.3. The van der Waals surface area contributed by atoms with Crippen molar-refractivity contribution in [3.8, 4) is 0 Å². The Balaban J connectivity index is 1.88. The van der Waals surface area contributed by atoms with Gasteiger partial charge in [0, 0.05) is 30.0 Å². The van der Waals surface area contributed by atoms with Crippen LogP contribution in [0.25, 0.3) is 5.76 Å². The highest BCUT2D eigenvalue weighted by atomic mass is 16.3. The fraction of sp³-hybridized carbons (Fsp3) is 0.267. The number of rotatable bonds is 7. The molecule has 5 heteroatoms. The summed E-state index contributed by atoms with van der Waals surface area (Å²) in [6.07, 6.45) is 0.878. The van der Waals surface area contributed by atoms with E-state index in [1.54, 1.807) is 12.1 Å². The number of ketones is 1. The number of aryl methyl sites for hydroxylation is 2. The third-order valence-corrected chi connectivity index (χ3v) is 6.73. The fourth-order valence-electron chi connectivity index (χ4n) is 4.63. The molecule has 1 N–H and O–H groups in total. The average molecular weight is 469 g/mol. The van der Waals surface area contributed by atoms with E-state index in [0.717, 1.165) is 41.9 Å². The number of nitrogens with zero attached hydrogens (tertiary/aromatic N) is 2. The molecule has 1 unspecified atom stereocenters. The molecule has 4 rings (SSSR count). The quantitative estimate of drug-likeness (QED) is 0.261. The number of aliphatic hydroxyl groups is 1. The smallest absolute Gasteiger partial charge is 0.300 e. The predicted octanol–water partition coefficient (Wildman–Crippen LogP) is 6.03. The molecule has 3 aromatic rings. The Hall–Kier alpha value is -3.86. The van der Waals surface area contributed by atoms with Gasteiger partial charge in [0.1, 0.15) is 5.76 Å². The summed E-state index contributed by atoms with van der Waals surface area (Å²) in [6, 6.07) is 22.1. The van der Waals surface area contributed by atoms with Crippen molar-refractivity contribution in [2.45, 2.75) is 40.2 Å². The Labute approximate surface area is 207 Å². The second kappa shape index (κ2) is 10.2. The lowest BCUT2D eigenvalue weighted by Gasteiger charge is -2.27. The third kappa shape index (κ3) is 4.59. The topological polar surface area (TPSA) is 60.9 Å². The molecule has 1 fully saturated rings. The molecule has 1 atom stereocenters. The highest BCUT2D eigenvalue weighted by molar-refractivity contribution is 6.51. The van der Waals surface area contributed by atoms with Crippen molar-refractivity contribution in [1.82, 2.24) is 0 Å². The molecular formula is C30H32N2O3. The first kappa shape index (κ1) is 24.3. The standard InChI is InChI=1S/C30H32N2O3/c1-5-21-10-16-25(17-11-21)32-27(22-14-18-24(19-15-22)31(6-2)7-3)26(29(34)30(32)35)28(33)23-12-8-20(4)9-13-23/h8-19,27,33H,5-7H2,1-4H3/b28-26-. The number of Topliss-reactive ketones (excluding diaryl/α,β-unsaturated/α-hetero) is 1. The van der Waals surface area contributed by atoms with E-state index in [1.807, 2.05) is 67.6 Å². The number of aliphatic hydroxyl groups excluding tert-OH is 1. The summed E-state index contributed by atoms with van der Waals surface area (Å²) in [5.74, 6) is -1.48. The lowest BCUT2D eigenvalue weighted by atomic mass is 9.94. The maximum Gasteiger partial charge on any atom is 0.300 e. The van der Waals surface area contributed by atoms with Crippen LogP contribution in [0, 0.1) is 6.92 Å². The number of amides is 1. The van der Waals surface area contributed by atoms with Crippen LogP contribution in [-0.4, -0.2) is 29.9 Å². The zero-order chi connectivity index (χ0) is 25.1. The van der Waals surface area contributed by atoms with E-state index in [0.29, 0.717) is 11.3 Å². The Kier molecular flexibility index (Phi) is 7.06. The molecule has 1 heterocycles. The zero-order valence-electron chi connectivity index (χ0n) is 20.8. The van der Waals surface area contributed by atoms with Crippen LogP contribution in [0.2, 0.25) is 0 Å². The predicted molar refractivity (Wildman–Crippen MR) is 142 cm³/mol. The van der Waals surface area contributed by atoms with Crippen molar-refractivity contribution in [2.75, 3.05) is 22.9 Å². The average Bonchev–Trinajstić information content (AvgIpc) is 3.15. The van der Waals surface area contributed by atoms with Gasteiger partial charge in [-0.15, -0.1) is 0 Å². The summed E-state index contributed by atoms with van der Waals surface area (Å²) in [4.78, 5) is 30.4. The molecule has 0 saturated carbocycles. The van der Waals surface area contributed by atoms with Crippen LogP contribution in [-0.2, 0) is 16.0 Å². The summed E-state index contributed by atoms with van der Waals surface area (Å²) in [5.41, 5.74) is 5.28. The molecule has 0 aromatic heterocycles. The number of anilines is 2. The van der Waals surface area contributed by atoms with Gasteiger partial charge >= 0.3 is 0 Å². The minimum Gasteiger partial charge on any atom is -0.507 e. The van der Waals surface area contributed by atoms with Gasteiger partial charge in [-0.05, 0) is 62.6 Å². The Morgan fingerprint density at radius 2 is 1.46 bits per heavy atom. The van der Waals surface area contributed by atoms with Gasteiger partial charge in [-0.1, -0.05) is 61.0 Å². The molecule has 0 bridgehead atoms. The first-order valence-electron chi connectivity index (χ1n) is 12.2. The number of hydrogen-bond acceptors (Lipinski definition) is 4. The van der Waals surface area contributed by atoms with Crippen molar-refractivity contribution in [3.63, 3.8) is 0 Å². The summed E-state index contributed by atoms with van der Waals surface area (Å²) >= 11 is 0. The van der Waals surface area contributed by atoms with Crippen LogP contribution in [0.1, 0.15) is 49.1 Å². The van der Waals surface area contributed by atoms with Gasteiger partial charge in [0.2, 0.25) is 0 Å². The molecule has 0 spiro atoms. The normalized spacial score (nSPS) is 17.1. The van der Waals surface area contributed by atoms with Crippen molar-refractivity contribution < 1.29 is 14.7 Å². The van der Waals surface area contributed by atoms with Crippen molar-refractivity contribution >= 4 is 28.8 Å². The Morgan fingerprint density at radius 3 is 2.00 bits per heavy atom. The van der Waals surface area contributed by atoms with Gasteiger partial charge < -0.3 is 10.0 Å². The molecule has 0 radical (unpaired) electrons. The van der Waals surface area contributed by atoms with Gasteiger partial charge in [0.25, 0.3) is 11.7 Å². The van der Waals surface area contributed by atoms with Crippen LogP contribution in [0.5, 0.6) is 0 Å². The first-order chi connectivity index (χ1) is 16.9. The number of carbonyl (C=O) groups is 2. The van der Waals surface area contributed by atoms with Crippen molar-refractivity contribution in [3.05, 3.63) is 101 Å². The van der Waals surface area contributed by atoms with Gasteiger partial charge in [0.05, 0.1) is 11.6 Å². The molecule has 1 aliphatic rings. The second-order valence-electron chi connectivity index (χ2n) is 8.82. The zero-order valence-corrected chi connectivity index (χ0v) is 20.8. The molecule has 1 amide bonds. The molecule has 1 aliphatic heterocycles. The molecule has 1 saturated heterocycles. The van der Waals surface area contributed by atoms with Gasteiger partial charge in [-0.3, -0.25) is 14.5 Å². The van der Waals surface area contributed by atoms with Gasteiger partial charge in [0.15, 0.2) is 0 Å². The Bertz CT molecular complexity index is 1240. The van der Waals surface area contributed by atoms with E-state index in [4.69, 9.17) is 0 Å². The second-order valence-corrected chi connectivity index (χ2v) is 8.82. The van der Waals surface area contributed by atoms with Crippen molar-refractivity contribution in [1.29, 1.82) is 0 Å². The van der Waals surface area contributed by atoms with E-state index in [-0.39, 0.29) is 11.3 Å². The largest absolute Gasteiger partial charge is 0.507 e. The first-order valence-corrected chi connectivity index (χ1v) is 12.2. The van der Waals surface area contributed by atoms with E-state index in [9.17, 15) is 14.7 Å². The summed E-state index contributed by atoms with van der Waals surface area (Å²) in [5, 5.41) is 11.3. The van der Waals surface area contributed by atoms with E-state index >= 15 is 0 Å². The molecule has 180 valence electrons. The van der Waals surface area contributed by atoms with Crippen LogP contribution in [0.4, 0.5) is 11.4 Å². The van der Waals surface area contributed by atoms with E-state index in [1.165, 1.54) is 4.90 Å². The molecule has 3 aromatic carbocycles. The molecule has 35 heavy (non-hydrogen) atoms. The van der Waals surface area contributed by atoms with E-state index < -0.39 is 17.7 Å². The van der Waals surface area contributed by atoms with Gasteiger partial charge in [-0.2, -0.15) is 0 Å². The molecule has 0 aliphatic carbocycles. The summed E-state index contributed by atoms with van der Waals surface area (Å²) in [7, 11) is 0. The SMILES string of the molecule is CCc1ccc(N2C(=O)C(=O)/C(=C(\O)c3ccc(C)cc3)C2c2ccc(N(CC)CC)cc2)cc1. The summed E-state index contributed by atoms with van der Waals surface area (Å²) < 4.78 is 0. The summed E-state index contributed by atoms with van der Waals surface area (Å²) in [6.45, 7) is 10.00. The minimum absolute atomic E-state index is 0.106. The van der Waals surface area contributed by atoms with E-state index in [2.05, 4.69) is 25.7 Å². The Morgan fingerprint density at radius 1 is 0.857 bits per heavy atom. The maximum atomic E-state index is 13.3. The monoisotopic (exact) mass is 468 g/mol. The minimum atomic E-state index is -0.727. The van der Waals surface area contributed by atoms with Gasteiger partial charge in [-0.25, -0.2) is 0 Å². The lowest BCUT2D eigenvalue weighted by molar-refractivity contribution is -0.132. The molecule has 5 nitrogen and oxygen atoms in total. The highest BCUT2D eigenvalue weighted by Gasteiger charge is 2.46. The van der Waals surface area contributed by atoms with Crippen LogP contribution in [0.3, 0.4) is 0 Å². The molecular weight excluding hydrogens is 436 g/mol. The van der Waals surface area contributed by atoms with Crippen LogP contribution >= 0.6 is 0 Å². The third-order valence-electron chi connectivity index (χ3n) is 6.73. The van der Waals surface area contributed by atoms with Crippen LogP contribution < -0.4 is 9.80 Å². The number of benzene rings is 3. The number of hydrogen-bond donors (Lipinski definition) is 1. The van der Waals surface area contributed by atoms with Crippen LogP contribution in [0.15, 0.2) is 78.4 Å². The lowest BCUT2D eigenvalue weighted by Crippen LogP contribution is -2.29. The van der Waals surface area contributed by atoms with Crippen molar-refractivity contribution in [2.24, 2.45) is 0 Å². The number of carbonyl (C=O) groups excluding carboxylic acids is 2.